The van der Waals surface area contributed by atoms with Gasteiger partial charge < -0.3 is 11.1 Å². The van der Waals surface area contributed by atoms with E-state index in [9.17, 15) is 13.2 Å². The van der Waals surface area contributed by atoms with Gasteiger partial charge in [-0.3, -0.25) is 4.79 Å². The molecule has 3 N–H and O–H groups in total. The molecule has 1 rings (SSSR count). The molecule has 0 radical (unpaired) electrons. The van der Waals surface area contributed by atoms with Crippen LogP contribution in [0.2, 0.25) is 0 Å². The van der Waals surface area contributed by atoms with Gasteiger partial charge in [0.1, 0.15) is 5.82 Å². The smallest absolute Gasteiger partial charge is 0.269 e. The van der Waals surface area contributed by atoms with E-state index in [2.05, 4.69) is 15.5 Å². The van der Waals surface area contributed by atoms with Gasteiger partial charge in [-0.25, -0.2) is 12.7 Å². The van der Waals surface area contributed by atoms with Crippen LogP contribution in [0.25, 0.3) is 0 Å². The molecule has 0 fully saturated rings. The lowest BCUT2D eigenvalue weighted by Crippen LogP contribution is -2.31. The number of carbonyl (C=O) groups excluding carboxylic acids is 1. The molecule has 0 spiro atoms. The minimum atomic E-state index is -3.15. The molecule has 1 amide bonds. The molecule has 0 bridgehead atoms. The molecule has 9 heteroatoms. The third kappa shape index (κ3) is 5.10. The number of carbonyl (C=O) groups is 1. The molecule has 0 aliphatic carbocycles. The molecule has 1 heterocycles. The van der Waals surface area contributed by atoms with E-state index in [-0.39, 0.29) is 5.69 Å². The first-order chi connectivity index (χ1) is 9.34. The van der Waals surface area contributed by atoms with Crippen LogP contribution >= 0.6 is 0 Å². The largest absolute Gasteiger partial charge is 0.369 e. The van der Waals surface area contributed by atoms with E-state index in [1.807, 2.05) is 0 Å². The number of aromatic nitrogens is 2. The Morgan fingerprint density at radius 3 is 2.55 bits per heavy atom. The van der Waals surface area contributed by atoms with Crippen LogP contribution in [-0.2, 0) is 10.0 Å². The topological polar surface area (TPSA) is 118 Å². The Hall–Kier alpha value is -1.74. The van der Waals surface area contributed by atoms with Crippen LogP contribution in [0.3, 0.4) is 0 Å². The SMILES string of the molecule is CCN(CCCNc1ccc(C(N)=O)nn1)S(C)(=O)=O. The predicted molar refractivity (Wildman–Crippen MR) is 75.7 cm³/mol. The summed E-state index contributed by atoms with van der Waals surface area (Å²) in [7, 11) is -3.15. The van der Waals surface area contributed by atoms with Gasteiger partial charge in [-0.05, 0) is 18.6 Å². The van der Waals surface area contributed by atoms with Crippen LogP contribution in [0.1, 0.15) is 23.8 Å². The van der Waals surface area contributed by atoms with E-state index in [4.69, 9.17) is 5.73 Å². The molecule has 1 aromatic heterocycles. The Balaban J connectivity index is 2.39. The van der Waals surface area contributed by atoms with E-state index >= 15 is 0 Å². The maximum Gasteiger partial charge on any atom is 0.269 e. The van der Waals surface area contributed by atoms with Gasteiger partial charge in [-0.15, -0.1) is 10.2 Å². The summed E-state index contributed by atoms with van der Waals surface area (Å²) in [4.78, 5) is 10.8. The first-order valence-corrected chi connectivity index (χ1v) is 8.02. The number of primary amides is 1. The molecule has 0 aliphatic rings. The number of nitrogens with two attached hydrogens (primary N) is 1. The zero-order valence-electron chi connectivity index (χ0n) is 11.5. The number of nitrogens with one attached hydrogen (secondary N) is 1. The predicted octanol–water partition coefficient (Wildman–Crippen LogP) is -0.341. The van der Waals surface area contributed by atoms with Gasteiger partial charge in [0, 0.05) is 19.6 Å². The highest BCUT2D eigenvalue weighted by molar-refractivity contribution is 7.88. The van der Waals surface area contributed by atoms with E-state index in [1.54, 1.807) is 13.0 Å². The van der Waals surface area contributed by atoms with Crippen molar-refractivity contribution in [2.75, 3.05) is 31.2 Å². The highest BCUT2D eigenvalue weighted by Crippen LogP contribution is 2.03. The van der Waals surface area contributed by atoms with Crippen LogP contribution < -0.4 is 11.1 Å². The Morgan fingerprint density at radius 2 is 2.10 bits per heavy atom. The molecule has 0 saturated carbocycles. The van der Waals surface area contributed by atoms with Crippen molar-refractivity contribution < 1.29 is 13.2 Å². The lowest BCUT2D eigenvalue weighted by Gasteiger charge is -2.17. The lowest BCUT2D eigenvalue weighted by molar-refractivity contribution is 0.0994. The van der Waals surface area contributed by atoms with Crippen molar-refractivity contribution in [1.82, 2.24) is 14.5 Å². The molecule has 0 aromatic carbocycles. The Kier molecular flexibility index (Phi) is 5.83. The summed E-state index contributed by atoms with van der Waals surface area (Å²) in [6.07, 6.45) is 1.83. The van der Waals surface area contributed by atoms with Crippen LogP contribution in [0.15, 0.2) is 12.1 Å². The average molecular weight is 301 g/mol. The van der Waals surface area contributed by atoms with Crippen molar-refractivity contribution in [3.8, 4) is 0 Å². The standard InChI is InChI=1S/C11H19N5O3S/c1-3-16(20(2,18)19)8-4-7-13-10-6-5-9(11(12)17)14-15-10/h5-6H,3-4,7-8H2,1-2H3,(H2,12,17)(H,13,15). The highest BCUT2D eigenvalue weighted by Gasteiger charge is 2.13. The quantitative estimate of drug-likeness (QED) is 0.634. The maximum atomic E-state index is 11.4. The van der Waals surface area contributed by atoms with Gasteiger partial charge in [0.25, 0.3) is 5.91 Å². The van der Waals surface area contributed by atoms with Gasteiger partial charge >= 0.3 is 0 Å². The summed E-state index contributed by atoms with van der Waals surface area (Å²) in [5, 5.41) is 10.4. The molecular formula is C11H19N5O3S. The summed E-state index contributed by atoms with van der Waals surface area (Å²) in [6.45, 7) is 3.24. The van der Waals surface area contributed by atoms with Crippen molar-refractivity contribution in [1.29, 1.82) is 0 Å². The minimum absolute atomic E-state index is 0.102. The fourth-order valence-electron chi connectivity index (χ4n) is 1.59. The van der Waals surface area contributed by atoms with E-state index in [0.717, 1.165) is 0 Å². The molecular weight excluding hydrogens is 282 g/mol. The van der Waals surface area contributed by atoms with Gasteiger partial charge in [-0.2, -0.15) is 0 Å². The normalized spacial score (nSPS) is 11.6. The zero-order valence-corrected chi connectivity index (χ0v) is 12.4. The molecule has 8 nitrogen and oxygen atoms in total. The van der Waals surface area contributed by atoms with Crippen LogP contribution in [0, 0.1) is 0 Å². The Labute approximate surface area is 118 Å². The fraction of sp³-hybridized carbons (Fsp3) is 0.545. The monoisotopic (exact) mass is 301 g/mol. The number of rotatable bonds is 8. The summed E-state index contributed by atoms with van der Waals surface area (Å²) in [5.41, 5.74) is 5.15. The molecule has 1 aromatic rings. The number of nitrogens with zero attached hydrogens (tertiary/aromatic N) is 3. The first kappa shape index (κ1) is 16.3. The van der Waals surface area contributed by atoms with Gasteiger partial charge in [0.2, 0.25) is 10.0 Å². The van der Waals surface area contributed by atoms with Crippen molar-refractivity contribution in [2.24, 2.45) is 5.73 Å². The molecule has 20 heavy (non-hydrogen) atoms. The van der Waals surface area contributed by atoms with E-state index < -0.39 is 15.9 Å². The van der Waals surface area contributed by atoms with E-state index in [0.29, 0.717) is 31.9 Å². The highest BCUT2D eigenvalue weighted by atomic mass is 32.2. The zero-order chi connectivity index (χ0) is 15.2. The number of sulfonamides is 1. The van der Waals surface area contributed by atoms with Crippen LogP contribution in [0.5, 0.6) is 0 Å². The average Bonchev–Trinajstić information content (AvgIpc) is 2.37. The third-order valence-corrected chi connectivity index (χ3v) is 4.01. The van der Waals surface area contributed by atoms with Crippen molar-refractivity contribution in [3.05, 3.63) is 17.8 Å². The summed E-state index contributed by atoms with van der Waals surface area (Å²) < 4.78 is 24.1. The number of anilines is 1. The second-order valence-corrected chi connectivity index (χ2v) is 6.19. The summed E-state index contributed by atoms with van der Waals surface area (Å²) in [5.74, 6) is -0.117. The number of hydrogen-bond donors (Lipinski definition) is 2. The van der Waals surface area contributed by atoms with Crippen molar-refractivity contribution in [3.63, 3.8) is 0 Å². The third-order valence-electron chi connectivity index (χ3n) is 2.63. The fourth-order valence-corrected chi connectivity index (χ4v) is 2.52. The number of hydrogen-bond acceptors (Lipinski definition) is 6. The Bertz CT molecular complexity index is 544. The molecule has 0 aliphatic heterocycles. The van der Waals surface area contributed by atoms with Crippen LogP contribution in [-0.4, -0.2) is 54.7 Å². The molecule has 0 atom stereocenters. The van der Waals surface area contributed by atoms with Crippen molar-refractivity contribution >= 4 is 21.7 Å². The first-order valence-electron chi connectivity index (χ1n) is 6.17. The van der Waals surface area contributed by atoms with Crippen LogP contribution in [0.4, 0.5) is 5.82 Å². The summed E-state index contributed by atoms with van der Waals surface area (Å²) >= 11 is 0. The maximum absolute atomic E-state index is 11.4. The van der Waals surface area contributed by atoms with Crippen molar-refractivity contribution in [2.45, 2.75) is 13.3 Å². The Morgan fingerprint density at radius 1 is 1.40 bits per heavy atom. The molecule has 112 valence electrons. The molecule has 0 saturated heterocycles. The van der Waals surface area contributed by atoms with Gasteiger partial charge in [-0.1, -0.05) is 6.92 Å². The van der Waals surface area contributed by atoms with Gasteiger partial charge in [0.15, 0.2) is 5.69 Å². The van der Waals surface area contributed by atoms with Gasteiger partial charge in [0.05, 0.1) is 6.26 Å². The second-order valence-electron chi connectivity index (χ2n) is 4.20. The minimum Gasteiger partial charge on any atom is -0.369 e. The number of amides is 1. The lowest BCUT2D eigenvalue weighted by atomic mass is 10.3. The van der Waals surface area contributed by atoms with E-state index in [1.165, 1.54) is 16.6 Å². The summed E-state index contributed by atoms with van der Waals surface area (Å²) in [6, 6.07) is 3.08. The molecule has 0 unspecified atom stereocenters. The second kappa shape index (κ2) is 7.15.